The lowest BCUT2D eigenvalue weighted by Crippen LogP contribution is -2.44. The van der Waals surface area contributed by atoms with Crippen LogP contribution < -0.4 is 20.3 Å². The lowest BCUT2D eigenvalue weighted by Gasteiger charge is -2.22. The van der Waals surface area contributed by atoms with Gasteiger partial charge in [0.05, 0.1) is 12.8 Å². The molecule has 1 fully saturated rings. The largest absolute Gasteiger partial charge is 0.495 e. The van der Waals surface area contributed by atoms with Crippen molar-refractivity contribution >= 4 is 27.6 Å². The van der Waals surface area contributed by atoms with E-state index in [1.165, 1.54) is 5.56 Å². The Morgan fingerprint density at radius 2 is 2.12 bits per heavy atom. The van der Waals surface area contributed by atoms with Gasteiger partial charge in [-0.1, -0.05) is 40.2 Å². The predicted molar refractivity (Wildman–Crippen MR) is 111 cm³/mol. The van der Waals surface area contributed by atoms with E-state index in [4.69, 9.17) is 4.74 Å². The summed E-state index contributed by atoms with van der Waals surface area (Å²) in [6.45, 7) is 2.67. The van der Waals surface area contributed by atoms with Crippen molar-refractivity contribution in [1.29, 1.82) is 0 Å². The zero-order valence-electron chi connectivity index (χ0n) is 15.2. The molecular weight excluding hydrogens is 392 g/mol. The number of guanidine groups is 1. The van der Waals surface area contributed by atoms with Crippen LogP contribution in [-0.4, -0.2) is 39.2 Å². The van der Waals surface area contributed by atoms with Crippen molar-refractivity contribution in [3.63, 3.8) is 0 Å². The third-order valence-electron chi connectivity index (χ3n) is 4.53. The minimum atomic E-state index is 0.355. The zero-order chi connectivity index (χ0) is 18.4. The number of methoxy groups -OCH3 is 1. The molecule has 138 valence electrons. The van der Waals surface area contributed by atoms with Crippen molar-refractivity contribution in [3.8, 4) is 5.75 Å². The van der Waals surface area contributed by atoms with E-state index in [1.54, 1.807) is 7.11 Å². The normalized spacial score (nSPS) is 17.3. The summed E-state index contributed by atoms with van der Waals surface area (Å²) >= 11 is 3.51. The monoisotopic (exact) mass is 416 g/mol. The SMILES string of the molecule is CN=C(NCc1cccc(Br)c1)NC1CCN(c2ccccc2OC)C1. The van der Waals surface area contributed by atoms with Crippen LogP contribution in [-0.2, 0) is 6.54 Å². The molecule has 1 heterocycles. The fraction of sp³-hybridized carbons (Fsp3) is 0.350. The van der Waals surface area contributed by atoms with E-state index in [9.17, 15) is 0 Å². The minimum Gasteiger partial charge on any atom is -0.495 e. The van der Waals surface area contributed by atoms with Crippen LogP contribution in [0.2, 0.25) is 0 Å². The number of rotatable bonds is 5. The number of aliphatic imine (C=N–C) groups is 1. The maximum Gasteiger partial charge on any atom is 0.191 e. The Labute approximate surface area is 163 Å². The molecule has 1 atom stereocenters. The van der Waals surface area contributed by atoms with Crippen molar-refractivity contribution in [2.75, 3.05) is 32.1 Å². The molecule has 1 aliphatic rings. The number of nitrogens with one attached hydrogen (secondary N) is 2. The highest BCUT2D eigenvalue weighted by atomic mass is 79.9. The van der Waals surface area contributed by atoms with Gasteiger partial charge in [0.2, 0.25) is 0 Å². The molecular formula is C20H25BrN4O. The third-order valence-corrected chi connectivity index (χ3v) is 5.02. The van der Waals surface area contributed by atoms with E-state index in [1.807, 2.05) is 31.3 Å². The van der Waals surface area contributed by atoms with Crippen LogP contribution in [0, 0.1) is 0 Å². The molecule has 3 rings (SSSR count). The summed E-state index contributed by atoms with van der Waals surface area (Å²) in [4.78, 5) is 6.72. The van der Waals surface area contributed by atoms with Crippen molar-refractivity contribution < 1.29 is 4.74 Å². The molecule has 6 heteroatoms. The van der Waals surface area contributed by atoms with E-state index in [2.05, 4.69) is 60.7 Å². The molecule has 0 saturated carbocycles. The van der Waals surface area contributed by atoms with Crippen LogP contribution in [0.1, 0.15) is 12.0 Å². The highest BCUT2D eigenvalue weighted by Gasteiger charge is 2.25. The van der Waals surface area contributed by atoms with Gasteiger partial charge in [-0.15, -0.1) is 0 Å². The van der Waals surface area contributed by atoms with Crippen LogP contribution in [0.4, 0.5) is 5.69 Å². The molecule has 2 aromatic carbocycles. The lowest BCUT2D eigenvalue weighted by molar-refractivity contribution is 0.415. The molecule has 0 radical (unpaired) electrons. The highest BCUT2D eigenvalue weighted by molar-refractivity contribution is 9.10. The summed E-state index contributed by atoms with van der Waals surface area (Å²) in [5.41, 5.74) is 2.36. The van der Waals surface area contributed by atoms with Gasteiger partial charge in [-0.3, -0.25) is 4.99 Å². The average Bonchev–Trinajstić information content (AvgIpc) is 3.13. The van der Waals surface area contributed by atoms with Gasteiger partial charge < -0.3 is 20.3 Å². The molecule has 26 heavy (non-hydrogen) atoms. The Morgan fingerprint density at radius 3 is 2.88 bits per heavy atom. The Balaban J connectivity index is 1.55. The Morgan fingerprint density at radius 1 is 1.27 bits per heavy atom. The van der Waals surface area contributed by atoms with Gasteiger partial charge in [-0.2, -0.15) is 0 Å². The quantitative estimate of drug-likeness (QED) is 0.579. The second-order valence-electron chi connectivity index (χ2n) is 6.30. The maximum absolute atomic E-state index is 5.49. The summed E-state index contributed by atoms with van der Waals surface area (Å²) in [6, 6.07) is 16.8. The summed E-state index contributed by atoms with van der Waals surface area (Å²) in [5, 5.41) is 6.92. The van der Waals surface area contributed by atoms with E-state index < -0.39 is 0 Å². The molecule has 2 N–H and O–H groups in total. The van der Waals surface area contributed by atoms with E-state index in [0.29, 0.717) is 6.04 Å². The van der Waals surface area contributed by atoms with E-state index in [-0.39, 0.29) is 0 Å². The molecule has 5 nitrogen and oxygen atoms in total. The first-order chi connectivity index (χ1) is 12.7. The Bertz CT molecular complexity index is 765. The van der Waals surface area contributed by atoms with Gasteiger partial charge in [0, 0.05) is 37.2 Å². The first-order valence-electron chi connectivity index (χ1n) is 8.79. The molecule has 0 aliphatic carbocycles. The molecule has 2 aromatic rings. The lowest BCUT2D eigenvalue weighted by atomic mass is 10.2. The summed E-state index contributed by atoms with van der Waals surface area (Å²) in [5.74, 6) is 1.75. The predicted octanol–water partition coefficient (Wildman–Crippen LogP) is 3.40. The molecule has 0 bridgehead atoms. The van der Waals surface area contributed by atoms with Gasteiger partial charge in [-0.05, 0) is 36.2 Å². The number of hydrogen-bond acceptors (Lipinski definition) is 3. The number of hydrogen-bond donors (Lipinski definition) is 2. The van der Waals surface area contributed by atoms with Gasteiger partial charge in [-0.25, -0.2) is 0 Å². The highest BCUT2D eigenvalue weighted by Crippen LogP contribution is 2.30. The average molecular weight is 417 g/mol. The second kappa shape index (κ2) is 8.94. The molecule has 0 spiro atoms. The first kappa shape index (κ1) is 18.6. The second-order valence-corrected chi connectivity index (χ2v) is 7.22. The van der Waals surface area contributed by atoms with Crippen LogP contribution in [0.15, 0.2) is 58.0 Å². The van der Waals surface area contributed by atoms with Crippen LogP contribution in [0.3, 0.4) is 0 Å². The number of para-hydroxylation sites is 2. The smallest absolute Gasteiger partial charge is 0.191 e. The number of benzene rings is 2. The summed E-state index contributed by atoms with van der Waals surface area (Å²) in [6.07, 6.45) is 1.07. The van der Waals surface area contributed by atoms with Crippen LogP contribution in [0.25, 0.3) is 0 Å². The van der Waals surface area contributed by atoms with Crippen molar-refractivity contribution in [2.24, 2.45) is 4.99 Å². The van der Waals surface area contributed by atoms with E-state index >= 15 is 0 Å². The van der Waals surface area contributed by atoms with Crippen molar-refractivity contribution in [2.45, 2.75) is 19.0 Å². The van der Waals surface area contributed by atoms with Crippen LogP contribution in [0.5, 0.6) is 5.75 Å². The van der Waals surface area contributed by atoms with Crippen LogP contribution >= 0.6 is 15.9 Å². The zero-order valence-corrected chi connectivity index (χ0v) is 16.8. The topological polar surface area (TPSA) is 48.9 Å². The van der Waals surface area contributed by atoms with Gasteiger partial charge in [0.15, 0.2) is 5.96 Å². The van der Waals surface area contributed by atoms with Gasteiger partial charge in [0.1, 0.15) is 5.75 Å². The molecule has 1 saturated heterocycles. The minimum absolute atomic E-state index is 0.355. The Kier molecular flexibility index (Phi) is 6.39. The number of anilines is 1. The Hall–Kier alpha value is -2.21. The fourth-order valence-electron chi connectivity index (χ4n) is 3.21. The van der Waals surface area contributed by atoms with Crippen molar-refractivity contribution in [3.05, 3.63) is 58.6 Å². The standard InChI is InChI=1S/C20H25BrN4O/c1-22-20(23-13-15-6-5-7-16(21)12-15)24-17-10-11-25(14-17)18-8-3-4-9-19(18)26-2/h3-9,12,17H,10-11,13-14H2,1-2H3,(H2,22,23,24). The molecule has 1 unspecified atom stereocenters. The molecule has 0 amide bonds. The number of halogens is 1. The van der Waals surface area contributed by atoms with Crippen molar-refractivity contribution in [1.82, 2.24) is 10.6 Å². The number of ether oxygens (including phenoxy) is 1. The van der Waals surface area contributed by atoms with Gasteiger partial charge in [0.25, 0.3) is 0 Å². The first-order valence-corrected chi connectivity index (χ1v) is 9.58. The molecule has 1 aliphatic heterocycles. The summed E-state index contributed by atoms with van der Waals surface area (Å²) in [7, 11) is 3.53. The van der Waals surface area contributed by atoms with Gasteiger partial charge >= 0.3 is 0 Å². The fourth-order valence-corrected chi connectivity index (χ4v) is 3.66. The third kappa shape index (κ3) is 4.69. The van der Waals surface area contributed by atoms with E-state index in [0.717, 1.165) is 47.9 Å². The maximum atomic E-state index is 5.49. The number of nitrogens with zero attached hydrogens (tertiary/aromatic N) is 2. The molecule has 0 aromatic heterocycles. The summed E-state index contributed by atoms with van der Waals surface area (Å²) < 4.78 is 6.58.